The Hall–Kier alpha value is -4.25. The average molecular weight is 579 g/mol. The summed E-state index contributed by atoms with van der Waals surface area (Å²) in [5.41, 5.74) is 2.00. The fraction of sp³-hybridized carbons (Fsp3) is 0.345. The largest absolute Gasteiger partial charge is 0.484 e. The molecule has 0 bridgehead atoms. The van der Waals surface area contributed by atoms with Crippen LogP contribution in [0.15, 0.2) is 48.7 Å². The minimum atomic E-state index is -1.06. The first-order valence-electron chi connectivity index (χ1n) is 13.3. The monoisotopic (exact) mass is 578 g/mol. The first-order valence-corrected chi connectivity index (χ1v) is 13.7. The molecule has 2 atom stereocenters. The zero-order valence-electron chi connectivity index (χ0n) is 22.5. The third kappa shape index (κ3) is 5.17. The summed E-state index contributed by atoms with van der Waals surface area (Å²) in [6.07, 6.45) is 2.99. The number of carbonyl (C=O) groups is 2. The molecule has 10 nitrogen and oxygen atoms in total. The maximum Gasteiger partial charge on any atom is 0.354 e. The highest BCUT2D eigenvalue weighted by atomic mass is 35.5. The molecule has 1 N–H and O–H groups in total. The predicted octanol–water partition coefficient (Wildman–Crippen LogP) is 4.81. The number of pyridine rings is 2. The van der Waals surface area contributed by atoms with Gasteiger partial charge in [-0.05, 0) is 68.1 Å². The van der Waals surface area contributed by atoms with Gasteiger partial charge >= 0.3 is 5.97 Å². The van der Waals surface area contributed by atoms with Crippen LogP contribution >= 0.6 is 11.6 Å². The molecule has 2 aliphatic rings. The number of hydrogen-bond acceptors (Lipinski definition) is 7. The van der Waals surface area contributed by atoms with Gasteiger partial charge in [-0.25, -0.2) is 23.7 Å². The van der Waals surface area contributed by atoms with Crippen molar-refractivity contribution < 1.29 is 23.8 Å². The third-order valence-corrected chi connectivity index (χ3v) is 8.24. The van der Waals surface area contributed by atoms with Crippen LogP contribution in [0.3, 0.4) is 0 Å². The van der Waals surface area contributed by atoms with Crippen molar-refractivity contribution in [3.63, 3.8) is 0 Å². The number of hydrogen-bond donors (Lipinski definition) is 1. The first kappa shape index (κ1) is 26.9. The van der Waals surface area contributed by atoms with Crippen LogP contribution in [0.25, 0.3) is 5.65 Å². The van der Waals surface area contributed by atoms with Crippen molar-refractivity contribution >= 4 is 34.9 Å². The van der Waals surface area contributed by atoms with E-state index in [2.05, 4.69) is 20.0 Å². The number of carboxylic acid groups (broad SMARTS) is 1. The Kier molecular flexibility index (Phi) is 6.77. The number of benzene rings is 1. The number of rotatable bonds is 6. The van der Waals surface area contributed by atoms with Crippen molar-refractivity contribution in [2.75, 3.05) is 31.1 Å². The summed E-state index contributed by atoms with van der Waals surface area (Å²) in [5, 5.41) is 13.8. The summed E-state index contributed by atoms with van der Waals surface area (Å²) in [5.74, 6) is -0.494. The van der Waals surface area contributed by atoms with E-state index in [1.54, 1.807) is 27.7 Å². The summed E-state index contributed by atoms with van der Waals surface area (Å²) in [4.78, 5) is 37.5. The molecule has 5 heterocycles. The summed E-state index contributed by atoms with van der Waals surface area (Å²) >= 11 is 5.93. The summed E-state index contributed by atoms with van der Waals surface area (Å²) in [6, 6.07) is 11.3. The van der Waals surface area contributed by atoms with Gasteiger partial charge in [0, 0.05) is 31.6 Å². The number of fused-ring (bicyclic) bond motifs is 1. The topological polar surface area (TPSA) is 113 Å². The lowest BCUT2D eigenvalue weighted by Crippen LogP contribution is -2.34. The van der Waals surface area contributed by atoms with E-state index in [-0.39, 0.29) is 27.9 Å². The fourth-order valence-corrected chi connectivity index (χ4v) is 5.93. The number of carbonyl (C=O) groups excluding carboxylic acids is 1. The number of aromatic carboxylic acids is 1. The maximum absolute atomic E-state index is 13.6. The SMILES string of the molecule is Cc1cc(OC(C)c2ccc(F)c(Cl)c2)cn2nc(C(=O)N3CC[C@@]4(CCN(c5cccc(C(=O)O)n5)C4)C3)nc12. The molecule has 0 radical (unpaired) electrons. The van der Waals surface area contributed by atoms with Gasteiger partial charge in [0.1, 0.15) is 23.5 Å². The van der Waals surface area contributed by atoms with Crippen LogP contribution in [0.4, 0.5) is 10.2 Å². The molecule has 6 rings (SSSR count). The highest BCUT2D eigenvalue weighted by Crippen LogP contribution is 2.41. The molecule has 0 saturated carbocycles. The number of aromatic nitrogens is 4. The molecule has 3 aromatic heterocycles. The van der Waals surface area contributed by atoms with Crippen molar-refractivity contribution in [3.05, 3.63) is 82.1 Å². The molecule has 0 aliphatic carbocycles. The van der Waals surface area contributed by atoms with Gasteiger partial charge in [0.05, 0.1) is 11.2 Å². The highest BCUT2D eigenvalue weighted by Gasteiger charge is 2.45. The zero-order valence-corrected chi connectivity index (χ0v) is 23.3. The molecule has 12 heteroatoms. The maximum atomic E-state index is 13.6. The molecule has 212 valence electrons. The Labute approximate surface area is 240 Å². The standard InChI is InChI=1S/C29H28ClFN6O4/c1-17-12-20(41-18(2)19-6-7-22(31)21(30)13-19)14-37-26(17)33-25(34-37)27(38)36-11-9-29(16-36)8-10-35(15-29)24-5-3-4-23(32-24)28(39)40/h3-7,12-14,18H,8-11,15-16H2,1-2H3,(H,39,40)/t18?,29-/m1/s1. The second-order valence-corrected chi connectivity index (χ2v) is 11.2. The molecule has 1 amide bonds. The van der Waals surface area contributed by atoms with Gasteiger partial charge < -0.3 is 19.6 Å². The van der Waals surface area contributed by atoms with Gasteiger partial charge in [-0.1, -0.05) is 23.7 Å². The first-order chi connectivity index (χ1) is 19.6. The van der Waals surface area contributed by atoms with Gasteiger partial charge in [-0.15, -0.1) is 5.10 Å². The number of ether oxygens (including phenoxy) is 1. The van der Waals surface area contributed by atoms with Crippen LogP contribution in [0.2, 0.25) is 5.02 Å². The minimum absolute atomic E-state index is 0.0164. The Balaban J connectivity index is 1.15. The van der Waals surface area contributed by atoms with E-state index in [4.69, 9.17) is 16.3 Å². The Bertz CT molecular complexity index is 1680. The van der Waals surface area contributed by atoms with E-state index in [1.165, 1.54) is 18.2 Å². The van der Waals surface area contributed by atoms with Gasteiger partial charge in [-0.2, -0.15) is 0 Å². The lowest BCUT2D eigenvalue weighted by Gasteiger charge is -2.24. The molecule has 1 unspecified atom stereocenters. The molecular weight excluding hydrogens is 551 g/mol. The van der Waals surface area contributed by atoms with Crippen LogP contribution in [-0.2, 0) is 0 Å². The van der Waals surface area contributed by atoms with Crippen molar-refractivity contribution in [2.24, 2.45) is 5.41 Å². The van der Waals surface area contributed by atoms with Crippen molar-refractivity contribution in [3.8, 4) is 5.75 Å². The highest BCUT2D eigenvalue weighted by molar-refractivity contribution is 6.30. The molecule has 4 aromatic rings. The number of halogens is 2. The lowest BCUT2D eigenvalue weighted by molar-refractivity contribution is 0.0689. The lowest BCUT2D eigenvalue weighted by atomic mass is 9.86. The van der Waals surface area contributed by atoms with Gasteiger partial charge in [0.25, 0.3) is 5.91 Å². The normalized spacial score (nSPS) is 19.3. The molecular formula is C29H28ClFN6O4. The predicted molar refractivity (Wildman–Crippen MR) is 149 cm³/mol. The summed E-state index contributed by atoms with van der Waals surface area (Å²) in [7, 11) is 0. The van der Waals surface area contributed by atoms with Crippen LogP contribution in [-0.4, -0.2) is 67.6 Å². The number of amides is 1. The van der Waals surface area contributed by atoms with Crippen LogP contribution in [0.1, 0.15) is 58.1 Å². The average Bonchev–Trinajstić information content (AvgIpc) is 3.69. The molecule has 41 heavy (non-hydrogen) atoms. The van der Waals surface area contributed by atoms with Crippen LogP contribution < -0.4 is 9.64 Å². The van der Waals surface area contributed by atoms with Crippen molar-refractivity contribution in [1.82, 2.24) is 24.5 Å². The molecule has 1 spiro atoms. The van der Waals surface area contributed by atoms with E-state index in [0.717, 1.165) is 30.5 Å². The zero-order chi connectivity index (χ0) is 28.9. The third-order valence-electron chi connectivity index (χ3n) is 7.95. The molecule has 2 aliphatic heterocycles. The van der Waals surface area contributed by atoms with Crippen molar-refractivity contribution in [2.45, 2.75) is 32.8 Å². The van der Waals surface area contributed by atoms with Crippen LogP contribution in [0, 0.1) is 18.2 Å². The van der Waals surface area contributed by atoms with Crippen molar-refractivity contribution in [1.29, 1.82) is 0 Å². The summed E-state index contributed by atoms with van der Waals surface area (Å²) < 4.78 is 21.2. The second-order valence-electron chi connectivity index (χ2n) is 10.8. The smallest absolute Gasteiger partial charge is 0.354 e. The number of nitrogens with zero attached hydrogens (tertiary/aromatic N) is 6. The number of aryl methyl sites for hydroxylation is 1. The Morgan fingerprint density at radius 1 is 1.12 bits per heavy atom. The molecule has 1 aromatic carbocycles. The number of anilines is 1. The van der Waals surface area contributed by atoms with E-state index in [1.807, 2.05) is 26.0 Å². The number of carboxylic acids is 1. The van der Waals surface area contributed by atoms with Gasteiger partial charge in [0.15, 0.2) is 11.3 Å². The Morgan fingerprint density at radius 3 is 2.71 bits per heavy atom. The summed E-state index contributed by atoms with van der Waals surface area (Å²) in [6.45, 7) is 6.32. The van der Waals surface area contributed by atoms with E-state index in [0.29, 0.717) is 36.8 Å². The second kappa shape index (κ2) is 10.3. The minimum Gasteiger partial charge on any atom is -0.484 e. The molecule has 2 saturated heterocycles. The quantitative estimate of drug-likeness (QED) is 0.347. The van der Waals surface area contributed by atoms with E-state index >= 15 is 0 Å². The van der Waals surface area contributed by atoms with Gasteiger partial charge in [-0.3, -0.25) is 4.79 Å². The van der Waals surface area contributed by atoms with Gasteiger partial charge in [0.2, 0.25) is 5.82 Å². The number of likely N-dealkylation sites (tertiary alicyclic amines) is 1. The fourth-order valence-electron chi connectivity index (χ4n) is 5.74. The molecule has 2 fully saturated rings. The van der Waals surface area contributed by atoms with Crippen LogP contribution in [0.5, 0.6) is 5.75 Å². The Morgan fingerprint density at radius 2 is 1.93 bits per heavy atom. The van der Waals surface area contributed by atoms with E-state index < -0.39 is 17.9 Å². The van der Waals surface area contributed by atoms with E-state index in [9.17, 15) is 19.1 Å².